The van der Waals surface area contributed by atoms with E-state index in [1.165, 1.54) is 5.56 Å². The van der Waals surface area contributed by atoms with Gasteiger partial charge in [0.2, 0.25) is 5.91 Å². The first-order valence-corrected chi connectivity index (χ1v) is 10.1. The Morgan fingerprint density at radius 1 is 1.21 bits per heavy atom. The first-order chi connectivity index (χ1) is 13.0. The predicted molar refractivity (Wildman–Crippen MR) is 109 cm³/mol. The number of nitrogens with one attached hydrogen (secondary N) is 2. The lowest BCUT2D eigenvalue weighted by molar-refractivity contribution is -0.136. The maximum Gasteiger partial charge on any atom is 0.325 e. The molecule has 3 rings (SSSR count). The van der Waals surface area contributed by atoms with Crippen LogP contribution in [-0.4, -0.2) is 34.8 Å². The van der Waals surface area contributed by atoms with E-state index in [0.29, 0.717) is 30.4 Å². The average Bonchev–Trinajstić information content (AvgIpc) is 2.77. The molecule has 0 aromatic heterocycles. The third kappa shape index (κ3) is 4.05. The summed E-state index contributed by atoms with van der Waals surface area (Å²) in [7, 11) is 0. The fourth-order valence-corrected chi connectivity index (χ4v) is 4.95. The fraction of sp³-hybridized carbons (Fsp3) is 0.591. The number of hydrogen-bond acceptors (Lipinski definition) is 3. The van der Waals surface area contributed by atoms with Gasteiger partial charge in [-0.05, 0) is 54.2 Å². The monoisotopic (exact) mass is 385 g/mol. The number of imide groups is 1. The molecule has 1 heterocycles. The second-order valence-corrected chi connectivity index (χ2v) is 9.58. The van der Waals surface area contributed by atoms with Crippen molar-refractivity contribution in [1.29, 1.82) is 0 Å². The van der Waals surface area contributed by atoms with Crippen LogP contribution in [0.15, 0.2) is 24.3 Å². The molecule has 28 heavy (non-hydrogen) atoms. The van der Waals surface area contributed by atoms with Gasteiger partial charge in [0, 0.05) is 5.69 Å². The van der Waals surface area contributed by atoms with Gasteiger partial charge in [-0.2, -0.15) is 0 Å². The highest BCUT2D eigenvalue weighted by molar-refractivity contribution is 6.10. The van der Waals surface area contributed by atoms with E-state index >= 15 is 0 Å². The van der Waals surface area contributed by atoms with Crippen LogP contribution in [0.4, 0.5) is 10.5 Å². The zero-order chi connectivity index (χ0) is 20.7. The van der Waals surface area contributed by atoms with Crippen LogP contribution in [0.2, 0.25) is 0 Å². The zero-order valence-electron chi connectivity index (χ0n) is 17.5. The number of anilines is 1. The maximum absolute atomic E-state index is 13.1. The summed E-state index contributed by atoms with van der Waals surface area (Å²) in [5, 5.41) is 5.68. The average molecular weight is 386 g/mol. The van der Waals surface area contributed by atoms with Gasteiger partial charge >= 0.3 is 6.03 Å². The molecular weight excluding hydrogens is 354 g/mol. The topological polar surface area (TPSA) is 78.5 Å². The van der Waals surface area contributed by atoms with Gasteiger partial charge in [-0.3, -0.25) is 14.5 Å². The number of carbonyl (C=O) groups is 3. The minimum Gasteiger partial charge on any atom is -0.325 e. The Balaban J connectivity index is 1.68. The van der Waals surface area contributed by atoms with Gasteiger partial charge in [0.25, 0.3) is 5.91 Å². The van der Waals surface area contributed by atoms with E-state index in [4.69, 9.17) is 0 Å². The lowest BCUT2D eigenvalue weighted by atomic mass is 9.64. The van der Waals surface area contributed by atoms with Crippen molar-refractivity contribution in [3.8, 4) is 0 Å². The Morgan fingerprint density at radius 2 is 1.86 bits per heavy atom. The van der Waals surface area contributed by atoms with E-state index in [-0.39, 0.29) is 23.8 Å². The summed E-state index contributed by atoms with van der Waals surface area (Å²) in [6.45, 7) is 10.3. The molecule has 1 saturated carbocycles. The van der Waals surface area contributed by atoms with Gasteiger partial charge < -0.3 is 10.6 Å². The summed E-state index contributed by atoms with van der Waals surface area (Å²) >= 11 is 0. The Morgan fingerprint density at radius 3 is 2.43 bits per heavy atom. The molecule has 6 heteroatoms. The summed E-state index contributed by atoms with van der Waals surface area (Å²) < 4.78 is 0. The van der Waals surface area contributed by atoms with Crippen molar-refractivity contribution in [3.05, 3.63) is 29.8 Å². The second kappa shape index (κ2) is 7.22. The third-order valence-corrected chi connectivity index (χ3v) is 5.79. The number of amides is 4. The first-order valence-electron chi connectivity index (χ1n) is 10.1. The Kier molecular flexibility index (Phi) is 5.26. The van der Waals surface area contributed by atoms with Crippen molar-refractivity contribution in [2.75, 3.05) is 11.9 Å². The second-order valence-electron chi connectivity index (χ2n) is 9.58. The summed E-state index contributed by atoms with van der Waals surface area (Å²) in [6.07, 6.45) is 2.24. The van der Waals surface area contributed by atoms with Gasteiger partial charge in [0.15, 0.2) is 0 Å². The van der Waals surface area contributed by atoms with Crippen LogP contribution in [0.1, 0.15) is 65.4 Å². The minimum absolute atomic E-state index is 0.0307. The Hall–Kier alpha value is -2.37. The Labute approximate surface area is 167 Å². The van der Waals surface area contributed by atoms with Gasteiger partial charge in [-0.15, -0.1) is 0 Å². The number of benzene rings is 1. The zero-order valence-corrected chi connectivity index (χ0v) is 17.5. The summed E-state index contributed by atoms with van der Waals surface area (Å²) in [5.74, 6) is 0.0960. The molecular formula is C22H31N3O3. The molecule has 1 aromatic rings. The lowest BCUT2D eigenvalue weighted by Gasteiger charge is -2.43. The van der Waals surface area contributed by atoms with E-state index in [9.17, 15) is 14.4 Å². The molecule has 2 aliphatic rings. The minimum atomic E-state index is -0.878. The molecule has 0 bridgehead atoms. The smallest absolute Gasteiger partial charge is 0.325 e. The molecule has 1 spiro atoms. The van der Waals surface area contributed by atoms with Crippen molar-refractivity contribution >= 4 is 23.5 Å². The quantitative estimate of drug-likeness (QED) is 0.772. The van der Waals surface area contributed by atoms with E-state index < -0.39 is 11.6 Å². The molecule has 6 nitrogen and oxygen atoms in total. The van der Waals surface area contributed by atoms with Crippen LogP contribution >= 0.6 is 0 Å². The van der Waals surface area contributed by atoms with Crippen LogP contribution in [0.25, 0.3) is 0 Å². The number of urea groups is 1. The molecule has 4 amide bonds. The van der Waals surface area contributed by atoms with E-state index in [1.807, 2.05) is 24.3 Å². The Bertz CT molecular complexity index is 785. The van der Waals surface area contributed by atoms with Gasteiger partial charge in [-0.25, -0.2) is 4.79 Å². The van der Waals surface area contributed by atoms with Crippen LogP contribution in [0.3, 0.4) is 0 Å². The van der Waals surface area contributed by atoms with Crippen LogP contribution in [-0.2, 0) is 9.59 Å². The van der Waals surface area contributed by atoms with E-state index in [0.717, 1.165) is 11.3 Å². The van der Waals surface area contributed by atoms with Gasteiger partial charge in [0.05, 0.1) is 0 Å². The van der Waals surface area contributed by atoms with E-state index in [2.05, 4.69) is 45.3 Å². The largest absolute Gasteiger partial charge is 0.325 e. The fourth-order valence-electron chi connectivity index (χ4n) is 4.95. The van der Waals surface area contributed by atoms with Crippen LogP contribution in [0.5, 0.6) is 0 Å². The van der Waals surface area contributed by atoms with Crippen LogP contribution < -0.4 is 10.6 Å². The molecule has 1 aromatic carbocycles. The van der Waals surface area contributed by atoms with Crippen molar-refractivity contribution < 1.29 is 14.4 Å². The molecule has 2 unspecified atom stereocenters. The highest BCUT2D eigenvalue weighted by Gasteiger charge is 2.56. The van der Waals surface area contributed by atoms with E-state index in [1.54, 1.807) is 0 Å². The van der Waals surface area contributed by atoms with Crippen molar-refractivity contribution in [2.24, 2.45) is 11.3 Å². The van der Waals surface area contributed by atoms with Crippen molar-refractivity contribution in [2.45, 2.75) is 65.3 Å². The highest BCUT2D eigenvalue weighted by Crippen LogP contribution is 2.46. The van der Waals surface area contributed by atoms with Crippen LogP contribution in [0, 0.1) is 11.3 Å². The molecule has 1 saturated heterocycles. The first kappa shape index (κ1) is 20.4. The SMILES string of the molecule is CC1CC(C)(C)CC2(C1)NC(=O)N(CC(=O)Nc1ccc(C(C)C)cc1)C2=O. The highest BCUT2D eigenvalue weighted by atomic mass is 16.2. The molecule has 2 N–H and O–H groups in total. The molecule has 1 aliphatic heterocycles. The molecule has 1 aliphatic carbocycles. The molecule has 2 fully saturated rings. The number of carbonyl (C=O) groups excluding carboxylic acids is 3. The molecule has 2 atom stereocenters. The molecule has 0 radical (unpaired) electrons. The summed E-state index contributed by atoms with van der Waals surface area (Å²) in [5.41, 5.74) is 0.931. The maximum atomic E-state index is 13.1. The van der Waals surface area contributed by atoms with Crippen molar-refractivity contribution in [3.63, 3.8) is 0 Å². The number of rotatable bonds is 4. The predicted octanol–water partition coefficient (Wildman–Crippen LogP) is 3.89. The standard InChI is InChI=1S/C22H31N3O3/c1-14(2)16-6-8-17(9-7-16)23-18(26)12-25-19(27)22(24-20(25)28)11-15(3)10-21(4,5)13-22/h6-9,14-15H,10-13H2,1-5H3,(H,23,26)(H,24,28). The van der Waals surface area contributed by atoms with Gasteiger partial charge in [-0.1, -0.05) is 46.8 Å². The summed E-state index contributed by atoms with van der Waals surface area (Å²) in [4.78, 5) is 39.1. The van der Waals surface area contributed by atoms with Gasteiger partial charge in [0.1, 0.15) is 12.1 Å². The molecule has 152 valence electrons. The number of nitrogens with zero attached hydrogens (tertiary/aromatic N) is 1. The lowest BCUT2D eigenvalue weighted by Crippen LogP contribution is -2.54. The van der Waals surface area contributed by atoms with Crippen molar-refractivity contribution in [1.82, 2.24) is 10.2 Å². The summed E-state index contributed by atoms with van der Waals surface area (Å²) in [6, 6.07) is 7.14. The third-order valence-electron chi connectivity index (χ3n) is 5.79. The number of hydrogen-bond donors (Lipinski definition) is 2. The normalized spacial score (nSPS) is 26.6.